The molecule has 1 atom stereocenters. The van der Waals surface area contributed by atoms with E-state index in [1.54, 1.807) is 4.90 Å². The van der Waals surface area contributed by atoms with Gasteiger partial charge in [0, 0.05) is 33.7 Å². The molecule has 1 amide bonds. The van der Waals surface area contributed by atoms with Crippen LogP contribution in [-0.2, 0) is 4.74 Å². The maximum atomic E-state index is 12.2. The molecule has 1 unspecified atom stereocenters. The van der Waals surface area contributed by atoms with E-state index in [2.05, 4.69) is 15.9 Å². The summed E-state index contributed by atoms with van der Waals surface area (Å²) < 4.78 is 6.48. The Morgan fingerprint density at radius 2 is 2.00 bits per heavy atom. The molecule has 0 saturated carbocycles. The fourth-order valence-corrected chi connectivity index (χ4v) is 3.06. The van der Waals surface area contributed by atoms with E-state index in [1.165, 1.54) is 0 Å². The van der Waals surface area contributed by atoms with E-state index in [0.717, 1.165) is 15.7 Å². The van der Waals surface area contributed by atoms with Crippen LogP contribution < -0.4 is 4.90 Å². The predicted octanol–water partition coefficient (Wildman–Crippen LogP) is 5.19. The van der Waals surface area contributed by atoms with Gasteiger partial charge < -0.3 is 4.74 Å². The van der Waals surface area contributed by atoms with Gasteiger partial charge in [0.1, 0.15) is 6.10 Å². The monoisotopic (exact) mass is 365 g/mol. The van der Waals surface area contributed by atoms with Crippen LogP contribution >= 0.6 is 27.5 Å². The van der Waals surface area contributed by atoms with Gasteiger partial charge in [-0.15, -0.1) is 0 Å². The Balaban J connectivity index is 1.79. The van der Waals surface area contributed by atoms with E-state index in [4.69, 9.17) is 16.3 Å². The Hall–Kier alpha value is -1.52. The number of halogens is 2. The second-order valence-electron chi connectivity index (χ2n) is 4.81. The van der Waals surface area contributed by atoms with Crippen molar-refractivity contribution in [2.24, 2.45) is 0 Å². The molecular weight excluding hydrogens is 354 g/mol. The van der Waals surface area contributed by atoms with Gasteiger partial charge in [0.15, 0.2) is 0 Å². The number of hydrogen-bond donors (Lipinski definition) is 0. The van der Waals surface area contributed by atoms with Gasteiger partial charge in [0.05, 0.1) is 0 Å². The molecule has 2 aromatic rings. The Morgan fingerprint density at radius 3 is 2.71 bits per heavy atom. The standard InChI is InChI=1S/C16H13BrClNO2/c17-11-4-3-5-12(10-11)19-9-8-15(21-16(19)20)13-6-1-2-7-14(13)18/h1-7,10,15H,8-9H2. The quantitative estimate of drug-likeness (QED) is 0.732. The molecule has 0 aliphatic carbocycles. The van der Waals surface area contributed by atoms with Gasteiger partial charge >= 0.3 is 6.09 Å². The molecule has 3 rings (SSSR count). The van der Waals surface area contributed by atoms with Gasteiger partial charge in [-0.05, 0) is 24.3 Å². The molecule has 0 spiro atoms. The fourth-order valence-electron chi connectivity index (χ4n) is 2.42. The lowest BCUT2D eigenvalue weighted by atomic mass is 10.0. The lowest BCUT2D eigenvalue weighted by Gasteiger charge is -2.32. The van der Waals surface area contributed by atoms with Crippen LogP contribution in [0.3, 0.4) is 0 Å². The summed E-state index contributed by atoms with van der Waals surface area (Å²) in [5.41, 5.74) is 1.69. The Kier molecular flexibility index (Phi) is 4.17. The van der Waals surface area contributed by atoms with E-state index < -0.39 is 0 Å². The lowest BCUT2D eigenvalue weighted by molar-refractivity contribution is 0.0842. The average Bonchev–Trinajstić information content (AvgIpc) is 2.47. The summed E-state index contributed by atoms with van der Waals surface area (Å²) in [6.45, 7) is 0.602. The van der Waals surface area contributed by atoms with Crippen molar-refractivity contribution >= 4 is 39.3 Å². The molecule has 1 aliphatic rings. The van der Waals surface area contributed by atoms with Gasteiger partial charge in [-0.2, -0.15) is 0 Å². The normalized spacial score (nSPS) is 18.5. The highest BCUT2D eigenvalue weighted by Crippen LogP contribution is 2.33. The van der Waals surface area contributed by atoms with Gasteiger partial charge in [-0.3, -0.25) is 4.90 Å². The van der Waals surface area contributed by atoms with Crippen LogP contribution in [0.25, 0.3) is 0 Å². The van der Waals surface area contributed by atoms with Crippen molar-refractivity contribution < 1.29 is 9.53 Å². The summed E-state index contributed by atoms with van der Waals surface area (Å²) in [5.74, 6) is 0. The molecule has 3 nitrogen and oxygen atoms in total. The van der Waals surface area contributed by atoms with Crippen LogP contribution in [-0.4, -0.2) is 12.6 Å². The summed E-state index contributed by atoms with van der Waals surface area (Å²) in [6, 6.07) is 15.1. The van der Waals surface area contributed by atoms with Crippen LogP contribution in [0.15, 0.2) is 53.0 Å². The highest BCUT2D eigenvalue weighted by molar-refractivity contribution is 9.10. The summed E-state index contributed by atoms with van der Waals surface area (Å²) in [4.78, 5) is 13.9. The number of anilines is 1. The van der Waals surface area contributed by atoms with E-state index in [-0.39, 0.29) is 12.2 Å². The number of nitrogens with zero attached hydrogens (tertiary/aromatic N) is 1. The minimum absolute atomic E-state index is 0.283. The van der Waals surface area contributed by atoms with Crippen molar-refractivity contribution in [1.82, 2.24) is 0 Å². The van der Waals surface area contributed by atoms with Crippen LogP contribution in [0.1, 0.15) is 18.1 Å². The largest absolute Gasteiger partial charge is 0.441 e. The number of ether oxygens (including phenoxy) is 1. The van der Waals surface area contributed by atoms with Crippen molar-refractivity contribution in [2.75, 3.05) is 11.4 Å². The molecule has 1 heterocycles. The third kappa shape index (κ3) is 3.06. The molecule has 108 valence electrons. The first-order valence-corrected chi connectivity index (χ1v) is 7.80. The second-order valence-corrected chi connectivity index (χ2v) is 6.14. The van der Waals surface area contributed by atoms with Crippen molar-refractivity contribution in [3.05, 3.63) is 63.6 Å². The van der Waals surface area contributed by atoms with Gasteiger partial charge in [-0.25, -0.2) is 4.79 Å². The summed E-state index contributed by atoms with van der Waals surface area (Å²) in [6.07, 6.45) is 0.0843. The van der Waals surface area contributed by atoms with Gasteiger partial charge in [0.2, 0.25) is 0 Å². The first kappa shape index (κ1) is 14.4. The molecular formula is C16H13BrClNO2. The van der Waals surface area contributed by atoms with Crippen LogP contribution in [0.5, 0.6) is 0 Å². The van der Waals surface area contributed by atoms with Crippen LogP contribution in [0.4, 0.5) is 10.5 Å². The average molecular weight is 367 g/mol. The maximum Gasteiger partial charge on any atom is 0.414 e. The highest BCUT2D eigenvalue weighted by Gasteiger charge is 2.30. The Morgan fingerprint density at radius 1 is 1.19 bits per heavy atom. The zero-order valence-corrected chi connectivity index (χ0v) is 13.5. The number of hydrogen-bond acceptors (Lipinski definition) is 2. The molecule has 1 saturated heterocycles. The first-order chi connectivity index (χ1) is 10.1. The van der Waals surface area contributed by atoms with Crippen molar-refractivity contribution in [1.29, 1.82) is 0 Å². The van der Waals surface area contributed by atoms with E-state index in [0.29, 0.717) is 18.0 Å². The molecule has 5 heteroatoms. The maximum absolute atomic E-state index is 12.2. The summed E-state index contributed by atoms with van der Waals surface area (Å²) in [5, 5.41) is 0.631. The van der Waals surface area contributed by atoms with Gasteiger partial charge in [0.25, 0.3) is 0 Å². The van der Waals surface area contributed by atoms with Crippen molar-refractivity contribution in [3.8, 4) is 0 Å². The SMILES string of the molecule is O=C1OC(c2ccccc2Cl)CCN1c1cccc(Br)c1. The van der Waals surface area contributed by atoms with E-state index in [9.17, 15) is 4.79 Å². The molecule has 0 bridgehead atoms. The molecule has 0 N–H and O–H groups in total. The van der Waals surface area contributed by atoms with Crippen LogP contribution in [0.2, 0.25) is 5.02 Å². The number of carbonyl (C=O) groups is 1. The second kappa shape index (κ2) is 6.08. The number of carbonyl (C=O) groups excluding carboxylic acids is 1. The van der Waals surface area contributed by atoms with Crippen molar-refractivity contribution in [3.63, 3.8) is 0 Å². The molecule has 1 fully saturated rings. The molecule has 2 aromatic carbocycles. The number of rotatable bonds is 2. The van der Waals surface area contributed by atoms with Crippen molar-refractivity contribution in [2.45, 2.75) is 12.5 Å². The van der Waals surface area contributed by atoms with Crippen LogP contribution in [0, 0.1) is 0 Å². The zero-order chi connectivity index (χ0) is 14.8. The van der Waals surface area contributed by atoms with Gasteiger partial charge in [-0.1, -0.05) is 51.8 Å². The first-order valence-electron chi connectivity index (χ1n) is 6.63. The lowest BCUT2D eigenvalue weighted by Crippen LogP contribution is -2.39. The number of amides is 1. The smallest absolute Gasteiger partial charge is 0.414 e. The predicted molar refractivity (Wildman–Crippen MR) is 86.8 cm³/mol. The molecule has 21 heavy (non-hydrogen) atoms. The number of cyclic esters (lactones) is 1. The minimum atomic E-state index is -0.343. The molecule has 0 aromatic heterocycles. The third-order valence-electron chi connectivity index (χ3n) is 3.45. The third-order valence-corrected chi connectivity index (χ3v) is 4.29. The van der Waals surface area contributed by atoms with E-state index >= 15 is 0 Å². The topological polar surface area (TPSA) is 29.5 Å². The summed E-state index contributed by atoms with van der Waals surface area (Å²) in [7, 11) is 0. The summed E-state index contributed by atoms with van der Waals surface area (Å²) >= 11 is 9.58. The minimum Gasteiger partial charge on any atom is -0.441 e. The van der Waals surface area contributed by atoms with E-state index in [1.807, 2.05) is 48.5 Å². The number of benzene rings is 2. The highest BCUT2D eigenvalue weighted by atomic mass is 79.9. The fraction of sp³-hybridized carbons (Fsp3) is 0.188. The Bertz CT molecular complexity index is 677. The molecule has 0 radical (unpaired) electrons. The Labute approximate surface area is 136 Å². The molecule has 1 aliphatic heterocycles. The zero-order valence-electron chi connectivity index (χ0n) is 11.1.